The van der Waals surface area contributed by atoms with Gasteiger partial charge in [0, 0.05) is 22.3 Å². The highest BCUT2D eigenvalue weighted by Crippen LogP contribution is 2.21. The molecule has 0 atom stereocenters. The number of hydrogen-bond acceptors (Lipinski definition) is 3. The van der Waals surface area contributed by atoms with Gasteiger partial charge in [0.05, 0.1) is 11.3 Å². The predicted octanol–water partition coefficient (Wildman–Crippen LogP) is 2.02. The maximum absolute atomic E-state index is 12.1. The van der Waals surface area contributed by atoms with E-state index in [-0.39, 0.29) is 16.5 Å². The van der Waals surface area contributed by atoms with Gasteiger partial charge in [-0.25, -0.2) is 0 Å². The van der Waals surface area contributed by atoms with Gasteiger partial charge in [-0.05, 0) is 24.3 Å². The summed E-state index contributed by atoms with van der Waals surface area (Å²) in [5, 5.41) is 2.71. The van der Waals surface area contributed by atoms with Crippen LogP contribution in [0, 0.1) is 0 Å². The van der Waals surface area contributed by atoms with Crippen LogP contribution in [0.25, 0.3) is 0 Å². The molecular formula is C13H10BrN3O2S. The van der Waals surface area contributed by atoms with Crippen molar-refractivity contribution in [3.63, 3.8) is 0 Å². The minimum atomic E-state index is -0.360. The van der Waals surface area contributed by atoms with Crippen molar-refractivity contribution in [3.8, 4) is 0 Å². The molecule has 7 heteroatoms. The number of carbonyl (C=O) groups excluding carboxylic acids is 1. The summed E-state index contributed by atoms with van der Waals surface area (Å²) in [6.45, 7) is 0. The second-order valence-electron chi connectivity index (χ2n) is 3.95. The van der Waals surface area contributed by atoms with Gasteiger partial charge in [-0.3, -0.25) is 9.59 Å². The van der Waals surface area contributed by atoms with Crippen molar-refractivity contribution in [3.05, 3.63) is 62.5 Å². The number of carbonyl (C=O) groups is 1. The van der Waals surface area contributed by atoms with E-state index < -0.39 is 0 Å². The fraction of sp³-hybridized carbons (Fsp3) is 0. The summed E-state index contributed by atoms with van der Waals surface area (Å²) in [5.74, 6) is -0.360. The van der Waals surface area contributed by atoms with Crippen LogP contribution in [0.3, 0.4) is 0 Å². The predicted molar refractivity (Wildman–Crippen MR) is 85.0 cm³/mol. The van der Waals surface area contributed by atoms with Gasteiger partial charge < -0.3 is 16.0 Å². The summed E-state index contributed by atoms with van der Waals surface area (Å²) in [6.07, 6.45) is 1.34. The molecule has 1 aromatic heterocycles. The first-order valence-electron chi connectivity index (χ1n) is 5.57. The zero-order chi connectivity index (χ0) is 14.7. The molecule has 1 aromatic carbocycles. The molecule has 4 N–H and O–H groups in total. The molecule has 1 heterocycles. The summed E-state index contributed by atoms with van der Waals surface area (Å²) in [6, 6.07) is 7.91. The number of hydrogen-bond donors (Lipinski definition) is 3. The zero-order valence-electron chi connectivity index (χ0n) is 10.1. The van der Waals surface area contributed by atoms with E-state index in [9.17, 15) is 9.59 Å². The Bertz CT molecular complexity index is 722. The third-order valence-electron chi connectivity index (χ3n) is 2.54. The van der Waals surface area contributed by atoms with Crippen LogP contribution in [-0.2, 0) is 0 Å². The maximum Gasteiger partial charge on any atom is 0.257 e. The van der Waals surface area contributed by atoms with Crippen molar-refractivity contribution in [2.45, 2.75) is 0 Å². The molecule has 2 rings (SSSR count). The number of nitrogens with one attached hydrogen (secondary N) is 2. The van der Waals surface area contributed by atoms with Gasteiger partial charge in [-0.1, -0.05) is 28.1 Å². The molecule has 102 valence electrons. The van der Waals surface area contributed by atoms with Crippen LogP contribution in [0.5, 0.6) is 0 Å². The molecule has 0 unspecified atom stereocenters. The Hall–Kier alpha value is -1.99. The van der Waals surface area contributed by atoms with Crippen molar-refractivity contribution in [2.75, 3.05) is 5.32 Å². The Morgan fingerprint density at radius 3 is 2.65 bits per heavy atom. The number of nitrogens with two attached hydrogens (primary N) is 1. The zero-order valence-corrected chi connectivity index (χ0v) is 12.5. The topological polar surface area (TPSA) is 88.0 Å². The van der Waals surface area contributed by atoms with Gasteiger partial charge in [0.15, 0.2) is 0 Å². The lowest BCUT2D eigenvalue weighted by Gasteiger charge is -2.10. The molecule has 0 aliphatic carbocycles. The van der Waals surface area contributed by atoms with E-state index >= 15 is 0 Å². The number of aromatic amines is 1. The number of thiocarbonyl (C=S) groups is 1. The number of aromatic nitrogens is 1. The lowest BCUT2D eigenvalue weighted by atomic mass is 10.1. The van der Waals surface area contributed by atoms with Crippen molar-refractivity contribution < 1.29 is 4.79 Å². The average molecular weight is 352 g/mol. The molecule has 2 aromatic rings. The van der Waals surface area contributed by atoms with E-state index in [2.05, 4.69) is 26.2 Å². The molecule has 0 aliphatic rings. The minimum absolute atomic E-state index is 0.183. The number of H-pyrrole nitrogens is 1. The molecular weight excluding hydrogens is 342 g/mol. The van der Waals surface area contributed by atoms with Gasteiger partial charge in [0.25, 0.3) is 5.91 Å². The summed E-state index contributed by atoms with van der Waals surface area (Å²) < 4.78 is 0.808. The van der Waals surface area contributed by atoms with Crippen LogP contribution >= 0.6 is 28.1 Å². The molecule has 20 heavy (non-hydrogen) atoms. The van der Waals surface area contributed by atoms with Crippen molar-refractivity contribution in [2.24, 2.45) is 5.73 Å². The second kappa shape index (κ2) is 5.98. The molecule has 0 fully saturated rings. The number of rotatable bonds is 3. The third kappa shape index (κ3) is 3.31. The summed E-state index contributed by atoms with van der Waals surface area (Å²) in [4.78, 5) is 25.6. The van der Waals surface area contributed by atoms with Gasteiger partial charge in [0.1, 0.15) is 4.99 Å². The van der Waals surface area contributed by atoms with Crippen molar-refractivity contribution in [1.82, 2.24) is 4.98 Å². The third-order valence-corrected chi connectivity index (χ3v) is 3.25. The Morgan fingerprint density at radius 1 is 1.30 bits per heavy atom. The van der Waals surface area contributed by atoms with E-state index in [0.717, 1.165) is 4.47 Å². The molecule has 1 amide bonds. The fourth-order valence-electron chi connectivity index (χ4n) is 1.58. The van der Waals surface area contributed by atoms with E-state index in [4.69, 9.17) is 18.0 Å². The summed E-state index contributed by atoms with van der Waals surface area (Å²) in [5.41, 5.74) is 6.77. The van der Waals surface area contributed by atoms with Crippen LogP contribution in [0.15, 0.2) is 45.8 Å². The van der Waals surface area contributed by atoms with Gasteiger partial charge >= 0.3 is 0 Å². The molecule has 5 nitrogen and oxygen atoms in total. The first-order chi connectivity index (χ1) is 9.47. The van der Waals surface area contributed by atoms with Crippen LogP contribution in [0.4, 0.5) is 5.69 Å². The molecule has 0 bridgehead atoms. The lowest BCUT2D eigenvalue weighted by Crippen LogP contribution is -2.18. The number of benzene rings is 1. The summed E-state index contributed by atoms with van der Waals surface area (Å²) >= 11 is 8.27. The summed E-state index contributed by atoms with van der Waals surface area (Å²) in [7, 11) is 0. The molecule has 0 saturated carbocycles. The van der Waals surface area contributed by atoms with E-state index in [1.54, 1.807) is 18.2 Å². The maximum atomic E-state index is 12.1. The van der Waals surface area contributed by atoms with Crippen LogP contribution in [0.2, 0.25) is 0 Å². The smallest absolute Gasteiger partial charge is 0.257 e. The van der Waals surface area contributed by atoms with E-state index in [1.807, 2.05) is 0 Å². The minimum Gasteiger partial charge on any atom is -0.389 e. The van der Waals surface area contributed by atoms with Gasteiger partial charge in [0.2, 0.25) is 5.56 Å². The lowest BCUT2D eigenvalue weighted by molar-refractivity contribution is 0.102. The highest BCUT2D eigenvalue weighted by molar-refractivity contribution is 9.10. The highest BCUT2D eigenvalue weighted by Gasteiger charge is 2.11. The first-order valence-corrected chi connectivity index (χ1v) is 6.77. The largest absolute Gasteiger partial charge is 0.389 e. The Balaban J connectivity index is 2.30. The quantitative estimate of drug-likeness (QED) is 0.738. The van der Waals surface area contributed by atoms with Gasteiger partial charge in [-0.2, -0.15) is 0 Å². The van der Waals surface area contributed by atoms with E-state index in [0.29, 0.717) is 16.8 Å². The van der Waals surface area contributed by atoms with Crippen molar-refractivity contribution >= 4 is 44.7 Å². The van der Waals surface area contributed by atoms with Crippen LogP contribution in [0.1, 0.15) is 15.9 Å². The van der Waals surface area contributed by atoms with Gasteiger partial charge in [-0.15, -0.1) is 0 Å². The van der Waals surface area contributed by atoms with Crippen molar-refractivity contribution in [1.29, 1.82) is 0 Å². The Kier molecular flexibility index (Phi) is 4.31. The second-order valence-corrected chi connectivity index (χ2v) is 5.31. The number of anilines is 1. The number of pyridine rings is 1. The fourth-order valence-corrected chi connectivity index (χ4v) is 2.11. The Morgan fingerprint density at radius 2 is 2.05 bits per heavy atom. The molecule has 0 aliphatic heterocycles. The van der Waals surface area contributed by atoms with Crippen LogP contribution < -0.4 is 16.6 Å². The SMILES string of the molecule is NC(=S)c1cc(Br)ccc1NC(=O)c1ccc(=O)[nH]c1. The molecule has 0 saturated heterocycles. The normalized spacial score (nSPS) is 10.1. The number of halogens is 1. The molecule has 0 radical (unpaired) electrons. The first kappa shape index (κ1) is 14.4. The van der Waals surface area contributed by atoms with Crippen LogP contribution in [-0.4, -0.2) is 15.9 Å². The van der Waals surface area contributed by atoms with E-state index in [1.165, 1.54) is 18.3 Å². The number of amides is 1. The monoisotopic (exact) mass is 351 g/mol. The highest BCUT2D eigenvalue weighted by atomic mass is 79.9. The average Bonchev–Trinajstić information content (AvgIpc) is 2.41. The Labute approximate surface area is 128 Å². The standard InChI is InChI=1S/C13H10BrN3O2S/c14-8-2-3-10(9(5-8)12(15)20)17-13(19)7-1-4-11(18)16-6-7/h1-6H,(H2,15,20)(H,16,18)(H,17,19). The molecule has 0 spiro atoms.